The van der Waals surface area contributed by atoms with Gasteiger partial charge in [-0.3, -0.25) is 4.79 Å². The maximum Gasteiger partial charge on any atom is 0.227 e. The molecule has 1 heterocycles. The first-order valence-corrected chi connectivity index (χ1v) is 6.39. The molecular weight excluding hydrogens is 240 g/mol. The van der Waals surface area contributed by atoms with Crippen molar-refractivity contribution in [2.45, 2.75) is 6.42 Å². The Morgan fingerprint density at radius 2 is 1.95 bits per heavy atom. The van der Waals surface area contributed by atoms with Crippen LogP contribution < -0.4 is 10.6 Å². The smallest absolute Gasteiger partial charge is 0.227 e. The molecule has 0 bridgehead atoms. The molecule has 0 spiro atoms. The third-order valence-corrected chi connectivity index (χ3v) is 3.69. The monoisotopic (exact) mass is 256 g/mol. The lowest BCUT2D eigenvalue weighted by molar-refractivity contribution is -0.117. The molecular formula is C15H16N2O2. The van der Waals surface area contributed by atoms with Crippen LogP contribution in [0.2, 0.25) is 0 Å². The maximum absolute atomic E-state index is 12.1. The van der Waals surface area contributed by atoms with E-state index in [1.165, 1.54) is 0 Å². The number of aliphatic hydroxyl groups excluding tert-OH is 1. The molecule has 2 aromatic carbocycles. The van der Waals surface area contributed by atoms with E-state index in [2.05, 4.69) is 0 Å². The molecule has 1 aliphatic rings. The molecule has 0 aromatic heterocycles. The van der Waals surface area contributed by atoms with Crippen molar-refractivity contribution in [3.63, 3.8) is 0 Å². The minimum Gasteiger partial charge on any atom is -0.398 e. The van der Waals surface area contributed by atoms with E-state index in [4.69, 9.17) is 5.73 Å². The molecule has 1 amide bonds. The Labute approximate surface area is 111 Å². The summed E-state index contributed by atoms with van der Waals surface area (Å²) < 4.78 is 0. The van der Waals surface area contributed by atoms with Gasteiger partial charge in [0.1, 0.15) is 0 Å². The van der Waals surface area contributed by atoms with Crippen LogP contribution >= 0.6 is 0 Å². The third kappa shape index (κ3) is 1.94. The highest BCUT2D eigenvalue weighted by atomic mass is 16.3. The molecule has 2 aromatic rings. The molecule has 4 nitrogen and oxygen atoms in total. The van der Waals surface area contributed by atoms with Gasteiger partial charge in [0.25, 0.3) is 0 Å². The second-order valence-corrected chi connectivity index (χ2v) is 4.98. The van der Waals surface area contributed by atoms with Crippen LogP contribution in [0.15, 0.2) is 36.4 Å². The number of hydrogen-bond donors (Lipinski definition) is 2. The molecule has 1 saturated heterocycles. The normalized spacial score (nSPS) is 19.3. The SMILES string of the molecule is Nc1cccc2c(N3CC(CO)CC3=O)cccc12. The van der Waals surface area contributed by atoms with E-state index >= 15 is 0 Å². The fourth-order valence-electron chi connectivity index (χ4n) is 2.69. The lowest BCUT2D eigenvalue weighted by Crippen LogP contribution is -2.25. The number of benzene rings is 2. The summed E-state index contributed by atoms with van der Waals surface area (Å²) in [6.07, 6.45) is 0.412. The van der Waals surface area contributed by atoms with Gasteiger partial charge in [-0.2, -0.15) is 0 Å². The fourth-order valence-corrected chi connectivity index (χ4v) is 2.69. The number of carbonyl (C=O) groups is 1. The Kier molecular flexibility index (Phi) is 2.87. The van der Waals surface area contributed by atoms with Gasteiger partial charge < -0.3 is 15.7 Å². The number of hydrogen-bond acceptors (Lipinski definition) is 3. The zero-order valence-electron chi connectivity index (χ0n) is 10.5. The van der Waals surface area contributed by atoms with Crippen LogP contribution in [-0.4, -0.2) is 24.2 Å². The molecule has 0 saturated carbocycles. The van der Waals surface area contributed by atoms with Crippen molar-refractivity contribution in [3.05, 3.63) is 36.4 Å². The molecule has 1 unspecified atom stereocenters. The molecule has 1 fully saturated rings. The molecule has 0 radical (unpaired) electrons. The molecule has 1 atom stereocenters. The molecule has 19 heavy (non-hydrogen) atoms. The predicted octanol–water partition coefficient (Wildman–Crippen LogP) is 1.77. The first kappa shape index (κ1) is 12.0. The van der Waals surface area contributed by atoms with E-state index in [0.717, 1.165) is 16.5 Å². The Bertz CT molecular complexity index is 639. The number of anilines is 2. The number of fused-ring (bicyclic) bond motifs is 1. The summed E-state index contributed by atoms with van der Waals surface area (Å²) in [4.78, 5) is 13.8. The van der Waals surface area contributed by atoms with Crippen molar-refractivity contribution in [2.24, 2.45) is 5.92 Å². The van der Waals surface area contributed by atoms with E-state index < -0.39 is 0 Å². The largest absolute Gasteiger partial charge is 0.398 e. The van der Waals surface area contributed by atoms with Crippen LogP contribution in [0.25, 0.3) is 10.8 Å². The summed E-state index contributed by atoms with van der Waals surface area (Å²) in [6.45, 7) is 0.623. The van der Waals surface area contributed by atoms with Gasteiger partial charge in [-0.15, -0.1) is 0 Å². The van der Waals surface area contributed by atoms with E-state index in [9.17, 15) is 9.90 Å². The van der Waals surface area contributed by atoms with Crippen molar-refractivity contribution >= 4 is 28.1 Å². The van der Waals surface area contributed by atoms with Gasteiger partial charge in [-0.05, 0) is 12.1 Å². The fraction of sp³-hybridized carbons (Fsp3) is 0.267. The van der Waals surface area contributed by atoms with E-state index in [-0.39, 0.29) is 18.4 Å². The lowest BCUT2D eigenvalue weighted by Gasteiger charge is -2.19. The minimum atomic E-state index is 0.0313. The van der Waals surface area contributed by atoms with Crippen LogP contribution in [0.5, 0.6) is 0 Å². The van der Waals surface area contributed by atoms with Crippen LogP contribution in [-0.2, 0) is 4.79 Å². The topological polar surface area (TPSA) is 66.6 Å². The van der Waals surface area contributed by atoms with Gasteiger partial charge in [0, 0.05) is 42.0 Å². The Hall–Kier alpha value is -2.07. The highest BCUT2D eigenvalue weighted by Crippen LogP contribution is 2.33. The van der Waals surface area contributed by atoms with Gasteiger partial charge in [-0.1, -0.05) is 24.3 Å². The van der Waals surface area contributed by atoms with Gasteiger partial charge >= 0.3 is 0 Å². The molecule has 3 rings (SSSR count). The summed E-state index contributed by atoms with van der Waals surface area (Å²) in [5.41, 5.74) is 7.56. The van der Waals surface area contributed by atoms with Crippen LogP contribution in [0, 0.1) is 5.92 Å². The summed E-state index contributed by atoms with van der Waals surface area (Å²) in [5.74, 6) is 0.0952. The second-order valence-electron chi connectivity index (χ2n) is 4.98. The quantitative estimate of drug-likeness (QED) is 0.805. The van der Waals surface area contributed by atoms with Crippen LogP contribution in [0.4, 0.5) is 11.4 Å². The summed E-state index contributed by atoms with van der Waals surface area (Å²) >= 11 is 0. The number of rotatable bonds is 2. The van der Waals surface area contributed by atoms with E-state index in [1.54, 1.807) is 4.90 Å². The minimum absolute atomic E-state index is 0.0313. The van der Waals surface area contributed by atoms with Crippen molar-refractivity contribution in [1.82, 2.24) is 0 Å². The number of nitrogen functional groups attached to an aromatic ring is 1. The maximum atomic E-state index is 12.1. The molecule has 98 valence electrons. The third-order valence-electron chi connectivity index (χ3n) is 3.69. The number of carbonyl (C=O) groups excluding carboxylic acids is 1. The number of nitrogens with two attached hydrogens (primary N) is 1. The summed E-state index contributed by atoms with van der Waals surface area (Å²) in [7, 11) is 0. The van der Waals surface area contributed by atoms with Gasteiger partial charge in [0.2, 0.25) is 5.91 Å². The Morgan fingerprint density at radius 3 is 2.68 bits per heavy atom. The highest BCUT2D eigenvalue weighted by molar-refractivity contribution is 6.07. The van der Waals surface area contributed by atoms with Crippen LogP contribution in [0.3, 0.4) is 0 Å². The summed E-state index contributed by atoms with van der Waals surface area (Å²) in [6, 6.07) is 11.5. The van der Waals surface area contributed by atoms with Crippen molar-refractivity contribution < 1.29 is 9.90 Å². The first-order chi connectivity index (χ1) is 9.20. The molecule has 0 aliphatic carbocycles. The van der Waals surface area contributed by atoms with E-state index in [0.29, 0.717) is 18.7 Å². The highest BCUT2D eigenvalue weighted by Gasteiger charge is 2.30. The Balaban J connectivity index is 2.11. The number of aliphatic hydroxyl groups is 1. The van der Waals surface area contributed by atoms with Crippen LogP contribution in [0.1, 0.15) is 6.42 Å². The average Bonchev–Trinajstić information content (AvgIpc) is 2.80. The first-order valence-electron chi connectivity index (χ1n) is 6.39. The van der Waals surface area contributed by atoms with Gasteiger partial charge in [0.15, 0.2) is 0 Å². The van der Waals surface area contributed by atoms with Gasteiger partial charge in [-0.25, -0.2) is 0 Å². The second kappa shape index (κ2) is 4.55. The molecule has 3 N–H and O–H groups in total. The van der Waals surface area contributed by atoms with E-state index in [1.807, 2.05) is 36.4 Å². The summed E-state index contributed by atoms with van der Waals surface area (Å²) in [5, 5.41) is 11.1. The standard InChI is InChI=1S/C15H16N2O2/c16-13-5-1-4-12-11(13)3-2-6-14(12)17-8-10(9-18)7-15(17)19/h1-6,10,18H,7-9,16H2. The molecule has 4 heteroatoms. The number of amides is 1. The van der Waals surface area contributed by atoms with Crippen molar-refractivity contribution in [3.8, 4) is 0 Å². The number of nitrogens with zero attached hydrogens (tertiary/aromatic N) is 1. The molecule has 1 aliphatic heterocycles. The van der Waals surface area contributed by atoms with Gasteiger partial charge in [0.05, 0.1) is 5.69 Å². The predicted molar refractivity (Wildman–Crippen MR) is 75.9 cm³/mol. The zero-order valence-corrected chi connectivity index (χ0v) is 10.5. The Morgan fingerprint density at radius 1 is 1.21 bits per heavy atom. The lowest BCUT2D eigenvalue weighted by atomic mass is 10.1. The van der Waals surface area contributed by atoms with Crippen molar-refractivity contribution in [2.75, 3.05) is 23.8 Å². The average molecular weight is 256 g/mol. The zero-order chi connectivity index (χ0) is 13.4. The van der Waals surface area contributed by atoms with Crippen molar-refractivity contribution in [1.29, 1.82) is 0 Å².